The molecule has 1 fully saturated rings. The van der Waals surface area contributed by atoms with Crippen molar-refractivity contribution in [1.29, 1.82) is 0 Å². The summed E-state index contributed by atoms with van der Waals surface area (Å²) in [6.45, 7) is 1.53. The number of alkyl halides is 3. The number of rotatable bonds is 4. The van der Waals surface area contributed by atoms with Gasteiger partial charge in [0.15, 0.2) is 0 Å². The van der Waals surface area contributed by atoms with E-state index < -0.39 is 24.7 Å². The van der Waals surface area contributed by atoms with Crippen molar-refractivity contribution in [3.05, 3.63) is 0 Å². The molecule has 0 spiro atoms. The molecule has 1 saturated heterocycles. The zero-order valence-corrected chi connectivity index (χ0v) is 10.6. The molecular formula is C11H19F3N2O2. The third-order valence-electron chi connectivity index (χ3n) is 3.08. The van der Waals surface area contributed by atoms with E-state index in [4.69, 9.17) is 4.74 Å². The van der Waals surface area contributed by atoms with E-state index >= 15 is 0 Å². The topological polar surface area (TPSA) is 41.6 Å². The maximum Gasteiger partial charge on any atom is 0.406 e. The number of halogens is 3. The van der Waals surface area contributed by atoms with E-state index in [0.717, 1.165) is 4.90 Å². The lowest BCUT2D eigenvalue weighted by Gasteiger charge is -2.36. The molecule has 18 heavy (non-hydrogen) atoms. The van der Waals surface area contributed by atoms with E-state index in [1.807, 2.05) is 0 Å². The third kappa shape index (κ3) is 4.45. The Morgan fingerprint density at radius 2 is 2.00 bits per heavy atom. The number of nitrogens with zero attached hydrogens (tertiary/aromatic N) is 1. The van der Waals surface area contributed by atoms with Crippen LogP contribution in [0.1, 0.15) is 19.8 Å². The fraction of sp³-hybridized carbons (Fsp3) is 0.909. The van der Waals surface area contributed by atoms with Gasteiger partial charge in [-0.05, 0) is 32.9 Å². The van der Waals surface area contributed by atoms with Crippen molar-refractivity contribution in [3.8, 4) is 0 Å². The number of methoxy groups -OCH3 is 1. The molecule has 0 saturated carbocycles. The van der Waals surface area contributed by atoms with Crippen LogP contribution >= 0.6 is 0 Å². The second-order valence-electron chi connectivity index (χ2n) is 4.44. The molecule has 0 aliphatic carbocycles. The molecule has 1 aliphatic rings. The molecule has 106 valence electrons. The lowest BCUT2D eigenvalue weighted by Crippen LogP contribution is -2.52. The van der Waals surface area contributed by atoms with Gasteiger partial charge in [0.1, 0.15) is 12.6 Å². The first-order valence-corrected chi connectivity index (χ1v) is 5.96. The SMILES string of the molecule is COC(C)C(=O)N(CC(F)(F)F)C1CCNCC1. The minimum absolute atomic E-state index is 0.363. The molecule has 4 nitrogen and oxygen atoms in total. The van der Waals surface area contributed by atoms with Crippen molar-refractivity contribution in [2.45, 2.75) is 38.1 Å². The van der Waals surface area contributed by atoms with E-state index in [2.05, 4.69) is 5.32 Å². The summed E-state index contributed by atoms with van der Waals surface area (Å²) in [4.78, 5) is 12.8. The molecule has 0 aromatic rings. The van der Waals surface area contributed by atoms with Gasteiger partial charge < -0.3 is 15.0 Å². The van der Waals surface area contributed by atoms with Crippen LogP contribution < -0.4 is 5.32 Å². The molecule has 0 aromatic heterocycles. The normalized spacial score (nSPS) is 19.6. The lowest BCUT2D eigenvalue weighted by atomic mass is 10.0. The zero-order valence-electron chi connectivity index (χ0n) is 10.6. The number of carbonyl (C=O) groups is 1. The number of ether oxygens (including phenoxy) is 1. The van der Waals surface area contributed by atoms with Crippen LogP contribution in [-0.2, 0) is 9.53 Å². The van der Waals surface area contributed by atoms with Crippen LogP contribution in [0.4, 0.5) is 13.2 Å². The summed E-state index contributed by atoms with van der Waals surface area (Å²) in [6.07, 6.45) is -4.15. The van der Waals surface area contributed by atoms with Crippen molar-refractivity contribution in [2.75, 3.05) is 26.7 Å². The predicted molar refractivity (Wildman–Crippen MR) is 60.1 cm³/mol. The summed E-state index contributed by atoms with van der Waals surface area (Å²) in [5.74, 6) is -0.596. The monoisotopic (exact) mass is 268 g/mol. The van der Waals surface area contributed by atoms with Crippen LogP contribution in [0.3, 0.4) is 0 Å². The smallest absolute Gasteiger partial charge is 0.372 e. The molecule has 1 amide bonds. The van der Waals surface area contributed by atoms with Crippen LogP contribution in [0.15, 0.2) is 0 Å². The first kappa shape index (κ1) is 15.2. The highest BCUT2D eigenvalue weighted by molar-refractivity contribution is 5.81. The zero-order chi connectivity index (χ0) is 13.8. The third-order valence-corrected chi connectivity index (χ3v) is 3.08. The Labute approximate surface area is 104 Å². The highest BCUT2D eigenvalue weighted by atomic mass is 19.4. The highest BCUT2D eigenvalue weighted by Gasteiger charge is 2.38. The van der Waals surface area contributed by atoms with Gasteiger partial charge in [-0.1, -0.05) is 0 Å². The van der Waals surface area contributed by atoms with Gasteiger partial charge in [0.05, 0.1) is 0 Å². The van der Waals surface area contributed by atoms with E-state index in [1.165, 1.54) is 14.0 Å². The van der Waals surface area contributed by atoms with Crippen molar-refractivity contribution in [2.24, 2.45) is 0 Å². The van der Waals surface area contributed by atoms with Gasteiger partial charge in [0.25, 0.3) is 5.91 Å². The van der Waals surface area contributed by atoms with Crippen LogP contribution in [0.2, 0.25) is 0 Å². The van der Waals surface area contributed by atoms with E-state index in [1.54, 1.807) is 0 Å². The molecule has 1 heterocycles. The Hall–Kier alpha value is -0.820. The van der Waals surface area contributed by atoms with Gasteiger partial charge in [-0.25, -0.2) is 0 Å². The van der Waals surface area contributed by atoms with Gasteiger partial charge in [-0.3, -0.25) is 4.79 Å². The Kier molecular flexibility index (Phi) is 5.40. The summed E-state index contributed by atoms with van der Waals surface area (Å²) in [6, 6.07) is -0.363. The summed E-state index contributed by atoms with van der Waals surface area (Å²) in [5.41, 5.74) is 0. The lowest BCUT2D eigenvalue weighted by molar-refractivity contribution is -0.172. The number of hydrogen-bond donors (Lipinski definition) is 1. The van der Waals surface area contributed by atoms with Gasteiger partial charge in [0, 0.05) is 13.2 Å². The summed E-state index contributed by atoms with van der Waals surface area (Å²) in [7, 11) is 1.32. The van der Waals surface area contributed by atoms with Crippen molar-refractivity contribution in [1.82, 2.24) is 10.2 Å². The second kappa shape index (κ2) is 6.38. The molecule has 1 unspecified atom stereocenters. The quantitative estimate of drug-likeness (QED) is 0.832. The summed E-state index contributed by atoms with van der Waals surface area (Å²) >= 11 is 0. The van der Waals surface area contributed by atoms with Crippen molar-refractivity contribution >= 4 is 5.91 Å². The average molecular weight is 268 g/mol. The fourth-order valence-electron chi connectivity index (χ4n) is 2.03. The molecule has 1 N–H and O–H groups in total. The maximum atomic E-state index is 12.5. The predicted octanol–water partition coefficient (Wildman–Crippen LogP) is 1.16. The molecule has 0 radical (unpaired) electrons. The molecule has 1 rings (SSSR count). The second-order valence-corrected chi connectivity index (χ2v) is 4.44. The number of nitrogens with one attached hydrogen (secondary N) is 1. The Balaban J connectivity index is 2.76. The molecule has 1 atom stereocenters. The minimum atomic E-state index is -4.38. The van der Waals surface area contributed by atoms with E-state index in [-0.39, 0.29) is 6.04 Å². The molecule has 7 heteroatoms. The first-order chi connectivity index (χ1) is 8.35. The Bertz CT molecular complexity index is 278. The van der Waals surface area contributed by atoms with E-state index in [0.29, 0.717) is 25.9 Å². The first-order valence-electron chi connectivity index (χ1n) is 5.96. The molecule has 1 aliphatic heterocycles. The summed E-state index contributed by atoms with van der Waals surface area (Å²) in [5, 5.41) is 3.06. The van der Waals surface area contributed by atoms with Crippen LogP contribution in [-0.4, -0.2) is 55.9 Å². The number of piperidine rings is 1. The highest BCUT2D eigenvalue weighted by Crippen LogP contribution is 2.22. The number of hydrogen-bond acceptors (Lipinski definition) is 3. The average Bonchev–Trinajstić information content (AvgIpc) is 2.34. The van der Waals surface area contributed by atoms with Gasteiger partial charge in [-0.15, -0.1) is 0 Å². The van der Waals surface area contributed by atoms with Crippen LogP contribution in [0.25, 0.3) is 0 Å². The maximum absolute atomic E-state index is 12.5. The summed E-state index contributed by atoms with van der Waals surface area (Å²) < 4.78 is 42.4. The number of amides is 1. The molecule has 0 bridgehead atoms. The van der Waals surface area contributed by atoms with Crippen LogP contribution in [0, 0.1) is 0 Å². The number of carbonyl (C=O) groups excluding carboxylic acids is 1. The Morgan fingerprint density at radius 1 is 1.44 bits per heavy atom. The van der Waals surface area contributed by atoms with Crippen LogP contribution in [0.5, 0.6) is 0 Å². The van der Waals surface area contributed by atoms with Gasteiger partial charge in [-0.2, -0.15) is 13.2 Å². The fourth-order valence-corrected chi connectivity index (χ4v) is 2.03. The molecular weight excluding hydrogens is 249 g/mol. The largest absolute Gasteiger partial charge is 0.406 e. The standard InChI is InChI=1S/C11H19F3N2O2/c1-8(18-2)10(17)16(7-11(12,13)14)9-3-5-15-6-4-9/h8-9,15H,3-7H2,1-2H3. The van der Waals surface area contributed by atoms with Crippen molar-refractivity contribution < 1.29 is 22.7 Å². The van der Waals surface area contributed by atoms with Gasteiger partial charge >= 0.3 is 6.18 Å². The van der Waals surface area contributed by atoms with E-state index in [9.17, 15) is 18.0 Å². The van der Waals surface area contributed by atoms with Gasteiger partial charge in [0.2, 0.25) is 0 Å². The Morgan fingerprint density at radius 3 is 2.44 bits per heavy atom. The minimum Gasteiger partial charge on any atom is -0.372 e. The van der Waals surface area contributed by atoms with Crippen molar-refractivity contribution in [3.63, 3.8) is 0 Å². The molecule has 0 aromatic carbocycles.